The summed E-state index contributed by atoms with van der Waals surface area (Å²) in [6.07, 6.45) is 2.12. The fourth-order valence-corrected chi connectivity index (χ4v) is 3.51. The highest BCUT2D eigenvalue weighted by Gasteiger charge is 2.57. The lowest BCUT2D eigenvalue weighted by atomic mass is 10.1. The second-order valence-electron chi connectivity index (χ2n) is 7.47. The fraction of sp³-hybridized carbons (Fsp3) is 0.450. The van der Waals surface area contributed by atoms with Gasteiger partial charge in [0.25, 0.3) is 11.8 Å². The first-order valence-electron chi connectivity index (χ1n) is 9.86. The van der Waals surface area contributed by atoms with Crippen molar-refractivity contribution in [3.8, 4) is 0 Å². The minimum atomic E-state index is -2.84. The lowest BCUT2D eigenvalue weighted by Gasteiger charge is -2.20. The molecule has 0 aromatic carbocycles. The van der Waals surface area contributed by atoms with Crippen LogP contribution in [0.4, 0.5) is 8.78 Å². The van der Waals surface area contributed by atoms with E-state index in [0.29, 0.717) is 10.8 Å². The molecule has 0 saturated heterocycles. The SMILES string of the molecule is C[C@@H](NC(=O)CC1CC1(F)F)C(=O)N[C@H](Cc1ccco1)C(=O)C(=O)NCc1nccs1. The minimum Gasteiger partial charge on any atom is -0.469 e. The van der Waals surface area contributed by atoms with Crippen LogP contribution in [0.2, 0.25) is 0 Å². The molecule has 3 N–H and O–H groups in total. The third kappa shape index (κ3) is 6.42. The molecule has 1 fully saturated rings. The van der Waals surface area contributed by atoms with Crippen LogP contribution in [0.15, 0.2) is 34.4 Å². The molecule has 0 spiro atoms. The molecule has 3 rings (SSSR count). The summed E-state index contributed by atoms with van der Waals surface area (Å²) in [5, 5.41) is 9.56. The molecule has 0 radical (unpaired) electrons. The highest BCUT2D eigenvalue weighted by molar-refractivity contribution is 7.09. The van der Waals surface area contributed by atoms with Crippen molar-refractivity contribution in [1.82, 2.24) is 20.9 Å². The molecule has 32 heavy (non-hydrogen) atoms. The van der Waals surface area contributed by atoms with Crippen molar-refractivity contribution in [2.24, 2.45) is 5.92 Å². The maximum absolute atomic E-state index is 13.0. The van der Waals surface area contributed by atoms with Crippen LogP contribution in [0.3, 0.4) is 0 Å². The molecule has 2 heterocycles. The maximum Gasteiger partial charge on any atom is 0.289 e. The van der Waals surface area contributed by atoms with Crippen molar-refractivity contribution in [3.63, 3.8) is 0 Å². The zero-order valence-electron chi connectivity index (χ0n) is 17.1. The molecule has 12 heteroatoms. The Morgan fingerprint density at radius 1 is 1.31 bits per heavy atom. The van der Waals surface area contributed by atoms with E-state index in [1.54, 1.807) is 23.7 Å². The average molecular weight is 468 g/mol. The smallest absolute Gasteiger partial charge is 0.289 e. The summed E-state index contributed by atoms with van der Waals surface area (Å²) < 4.78 is 31.2. The number of carbonyl (C=O) groups is 4. The van der Waals surface area contributed by atoms with E-state index in [-0.39, 0.29) is 19.4 Å². The first kappa shape index (κ1) is 23.5. The third-order valence-corrected chi connectivity index (χ3v) is 5.66. The van der Waals surface area contributed by atoms with Crippen molar-refractivity contribution >= 4 is 34.8 Å². The molecule has 9 nitrogen and oxygen atoms in total. The minimum absolute atomic E-state index is 0.0575. The third-order valence-electron chi connectivity index (χ3n) is 4.88. The lowest BCUT2D eigenvalue weighted by molar-refractivity contribution is -0.140. The van der Waals surface area contributed by atoms with Crippen molar-refractivity contribution in [3.05, 3.63) is 40.7 Å². The molecule has 172 valence electrons. The first-order valence-corrected chi connectivity index (χ1v) is 10.7. The fourth-order valence-electron chi connectivity index (χ4n) is 2.96. The summed E-state index contributed by atoms with van der Waals surface area (Å²) in [6.45, 7) is 1.41. The molecule has 1 aliphatic carbocycles. The number of furan rings is 1. The predicted octanol–water partition coefficient (Wildman–Crippen LogP) is 1.20. The van der Waals surface area contributed by atoms with Gasteiger partial charge in [-0.1, -0.05) is 0 Å². The summed E-state index contributed by atoms with van der Waals surface area (Å²) in [4.78, 5) is 53.4. The van der Waals surface area contributed by atoms with Crippen molar-refractivity contribution in [1.29, 1.82) is 0 Å². The molecular weight excluding hydrogens is 446 g/mol. The predicted molar refractivity (Wildman–Crippen MR) is 109 cm³/mol. The number of alkyl halides is 2. The van der Waals surface area contributed by atoms with Gasteiger partial charge in [0.2, 0.25) is 17.6 Å². The molecule has 1 aliphatic rings. The van der Waals surface area contributed by atoms with Gasteiger partial charge in [-0.3, -0.25) is 19.2 Å². The molecule has 3 amide bonds. The highest BCUT2D eigenvalue weighted by atomic mass is 32.1. The number of amides is 3. The van der Waals surface area contributed by atoms with Crippen LogP contribution < -0.4 is 16.0 Å². The van der Waals surface area contributed by atoms with E-state index in [4.69, 9.17) is 4.42 Å². The molecule has 2 aromatic rings. The van der Waals surface area contributed by atoms with Gasteiger partial charge >= 0.3 is 0 Å². The van der Waals surface area contributed by atoms with Gasteiger partial charge in [-0.2, -0.15) is 0 Å². The Kier molecular flexibility index (Phi) is 7.33. The second-order valence-corrected chi connectivity index (χ2v) is 8.45. The lowest BCUT2D eigenvalue weighted by Crippen LogP contribution is -2.53. The Morgan fingerprint density at radius 3 is 2.66 bits per heavy atom. The van der Waals surface area contributed by atoms with Gasteiger partial charge in [-0.05, 0) is 19.1 Å². The zero-order chi connectivity index (χ0) is 23.3. The number of hydrogen-bond acceptors (Lipinski definition) is 7. The number of Topliss-reactive ketones (excluding diaryl/α,β-unsaturated/α-hetero) is 1. The van der Waals surface area contributed by atoms with Gasteiger partial charge in [0.1, 0.15) is 22.9 Å². The van der Waals surface area contributed by atoms with Gasteiger partial charge < -0.3 is 20.4 Å². The van der Waals surface area contributed by atoms with Crippen LogP contribution >= 0.6 is 11.3 Å². The van der Waals surface area contributed by atoms with E-state index in [2.05, 4.69) is 20.9 Å². The molecule has 0 bridgehead atoms. The molecule has 2 aromatic heterocycles. The topological polar surface area (TPSA) is 130 Å². The van der Waals surface area contributed by atoms with Gasteiger partial charge in [-0.25, -0.2) is 13.8 Å². The summed E-state index contributed by atoms with van der Waals surface area (Å²) >= 11 is 1.31. The molecule has 1 saturated carbocycles. The van der Waals surface area contributed by atoms with E-state index >= 15 is 0 Å². The van der Waals surface area contributed by atoms with Crippen molar-refractivity contribution in [2.75, 3.05) is 0 Å². The van der Waals surface area contributed by atoms with Crippen LogP contribution in [0.1, 0.15) is 30.5 Å². The number of nitrogens with one attached hydrogen (secondary N) is 3. The van der Waals surface area contributed by atoms with Crippen LogP contribution in [0.25, 0.3) is 0 Å². The Labute approximate surface area is 186 Å². The number of halogens is 2. The van der Waals surface area contributed by atoms with E-state index in [9.17, 15) is 28.0 Å². The molecule has 0 aliphatic heterocycles. The standard InChI is InChI=1S/C20H22F2N4O5S/c1-11(25-15(27)7-12-9-20(12,21)22)18(29)26-14(8-13-3-2-5-31-13)17(28)19(30)24-10-16-23-4-6-32-16/h2-6,11-12,14H,7-10H2,1H3,(H,24,30)(H,25,27)(H,26,29)/t11-,12?,14-/m1/s1. The Morgan fingerprint density at radius 2 is 2.06 bits per heavy atom. The van der Waals surface area contributed by atoms with Gasteiger partial charge in [0, 0.05) is 36.8 Å². The highest BCUT2D eigenvalue weighted by Crippen LogP contribution is 2.50. The van der Waals surface area contributed by atoms with E-state index in [0.717, 1.165) is 0 Å². The zero-order valence-corrected chi connectivity index (χ0v) is 17.9. The number of ketones is 1. The van der Waals surface area contributed by atoms with Crippen molar-refractivity contribution < 1.29 is 32.4 Å². The number of rotatable bonds is 11. The number of aromatic nitrogens is 1. The van der Waals surface area contributed by atoms with E-state index in [1.165, 1.54) is 24.5 Å². The number of carbonyl (C=O) groups excluding carboxylic acids is 4. The van der Waals surface area contributed by atoms with Gasteiger partial charge in [-0.15, -0.1) is 11.3 Å². The second kappa shape index (κ2) is 9.98. The number of thiazole rings is 1. The number of nitrogens with zero attached hydrogens (tertiary/aromatic N) is 1. The molecular formula is C20H22F2N4O5S. The molecule has 3 atom stereocenters. The van der Waals surface area contributed by atoms with Crippen LogP contribution in [0, 0.1) is 5.92 Å². The van der Waals surface area contributed by atoms with Gasteiger partial charge in [0.05, 0.1) is 12.8 Å². The van der Waals surface area contributed by atoms with Crippen molar-refractivity contribution in [2.45, 2.75) is 50.7 Å². The van der Waals surface area contributed by atoms with Crippen LogP contribution in [-0.2, 0) is 32.1 Å². The Bertz CT molecular complexity index is 965. The van der Waals surface area contributed by atoms with E-state index in [1.807, 2.05) is 0 Å². The first-order chi connectivity index (χ1) is 15.2. The average Bonchev–Trinajstić information content (AvgIpc) is 3.21. The summed E-state index contributed by atoms with van der Waals surface area (Å²) in [7, 11) is 0. The number of hydrogen-bond donors (Lipinski definition) is 3. The quantitative estimate of drug-likeness (QED) is 0.425. The maximum atomic E-state index is 13.0. The monoisotopic (exact) mass is 468 g/mol. The summed E-state index contributed by atoms with van der Waals surface area (Å²) in [6, 6.07) is 0.829. The van der Waals surface area contributed by atoms with E-state index < -0.39 is 53.8 Å². The normalized spacial score (nSPS) is 18.3. The van der Waals surface area contributed by atoms with Crippen LogP contribution in [0.5, 0.6) is 0 Å². The largest absolute Gasteiger partial charge is 0.469 e. The van der Waals surface area contributed by atoms with Crippen LogP contribution in [-0.4, -0.2) is 46.5 Å². The Hall–Kier alpha value is -3.15. The Balaban J connectivity index is 1.57. The summed E-state index contributed by atoms with van der Waals surface area (Å²) in [5.41, 5.74) is 0. The summed E-state index contributed by atoms with van der Waals surface area (Å²) in [5.74, 6) is -6.73. The van der Waals surface area contributed by atoms with Gasteiger partial charge in [0.15, 0.2) is 0 Å². The molecule has 1 unspecified atom stereocenters.